The van der Waals surface area contributed by atoms with E-state index in [9.17, 15) is 0 Å². The molecule has 0 rings (SSSR count). The summed E-state index contributed by atoms with van der Waals surface area (Å²) < 4.78 is 18.7. The summed E-state index contributed by atoms with van der Waals surface area (Å²) in [5.74, 6) is 0. The highest BCUT2D eigenvalue weighted by atomic mass is 28.4. The first-order chi connectivity index (χ1) is 9.05. The summed E-state index contributed by atoms with van der Waals surface area (Å²) in [7, 11) is -2.61. The molecule has 0 N–H and O–H groups in total. The van der Waals surface area contributed by atoms with Crippen LogP contribution in [0.2, 0.25) is 5.04 Å². The average Bonchev–Trinajstić information content (AvgIpc) is 2.46. The fourth-order valence-electron chi connectivity index (χ4n) is 2.04. The van der Waals surface area contributed by atoms with E-state index in [1.54, 1.807) is 0 Å². The maximum Gasteiger partial charge on any atom is 0.507 e. The van der Waals surface area contributed by atoms with E-state index in [0.29, 0.717) is 0 Å². The summed E-state index contributed by atoms with van der Waals surface area (Å²) in [6.45, 7) is 15.3. The molecular formula is C15H34O3Si. The van der Waals surface area contributed by atoms with Gasteiger partial charge in [-0.05, 0) is 32.1 Å². The molecule has 0 amide bonds. The number of hydrogen-bond donors (Lipinski definition) is 0. The second-order valence-electron chi connectivity index (χ2n) is 5.37. The third-order valence-corrected chi connectivity index (χ3v) is 7.73. The molecule has 0 aromatic rings. The first-order valence-electron chi connectivity index (χ1n) is 7.97. The molecule has 0 aliphatic rings. The summed E-state index contributed by atoms with van der Waals surface area (Å²) in [6.07, 6.45) is 5.08. The molecule has 0 unspecified atom stereocenters. The Kier molecular flexibility index (Phi) is 9.97. The first-order valence-corrected chi connectivity index (χ1v) is 9.70. The second kappa shape index (κ2) is 9.92. The Morgan fingerprint density at radius 3 is 1.21 bits per heavy atom. The molecule has 0 spiro atoms. The van der Waals surface area contributed by atoms with Gasteiger partial charge in [0.05, 0.1) is 0 Å². The standard InChI is InChI=1S/C15H34O3Si/c1-7-12-16-19(17-13-8-2,18-14-9-3)15(6,10-4)11-5/h7-14H2,1-6H3. The molecule has 0 fully saturated rings. The molecule has 0 aromatic carbocycles. The lowest BCUT2D eigenvalue weighted by molar-refractivity contribution is 0.0329. The van der Waals surface area contributed by atoms with Gasteiger partial charge < -0.3 is 13.3 Å². The van der Waals surface area contributed by atoms with Gasteiger partial charge >= 0.3 is 8.80 Å². The van der Waals surface area contributed by atoms with Gasteiger partial charge in [-0.3, -0.25) is 0 Å². The smallest absolute Gasteiger partial charge is 0.373 e. The lowest BCUT2D eigenvalue weighted by Gasteiger charge is -2.42. The Morgan fingerprint density at radius 1 is 0.684 bits per heavy atom. The van der Waals surface area contributed by atoms with E-state index in [1.807, 2.05) is 0 Å². The van der Waals surface area contributed by atoms with Gasteiger partial charge in [0, 0.05) is 24.9 Å². The minimum Gasteiger partial charge on any atom is -0.373 e. The van der Waals surface area contributed by atoms with Crippen LogP contribution in [0.4, 0.5) is 0 Å². The maximum atomic E-state index is 6.22. The molecule has 0 saturated heterocycles. The van der Waals surface area contributed by atoms with Gasteiger partial charge in [-0.15, -0.1) is 0 Å². The topological polar surface area (TPSA) is 27.7 Å². The summed E-state index contributed by atoms with van der Waals surface area (Å²) >= 11 is 0. The maximum absolute atomic E-state index is 6.22. The lowest BCUT2D eigenvalue weighted by Crippen LogP contribution is -2.55. The number of rotatable bonds is 12. The molecular weight excluding hydrogens is 256 g/mol. The van der Waals surface area contributed by atoms with Crippen LogP contribution in [-0.2, 0) is 13.3 Å². The van der Waals surface area contributed by atoms with Crippen molar-refractivity contribution in [3.8, 4) is 0 Å². The van der Waals surface area contributed by atoms with E-state index in [-0.39, 0.29) is 5.04 Å². The van der Waals surface area contributed by atoms with Crippen LogP contribution in [0.5, 0.6) is 0 Å². The second-order valence-corrected chi connectivity index (χ2v) is 8.55. The van der Waals surface area contributed by atoms with E-state index in [4.69, 9.17) is 13.3 Å². The molecule has 0 atom stereocenters. The molecule has 4 heteroatoms. The van der Waals surface area contributed by atoms with Crippen molar-refractivity contribution < 1.29 is 13.3 Å². The molecule has 116 valence electrons. The zero-order chi connectivity index (χ0) is 14.8. The van der Waals surface area contributed by atoms with E-state index >= 15 is 0 Å². The fourth-order valence-corrected chi connectivity index (χ4v) is 5.62. The predicted molar refractivity (Wildman–Crippen MR) is 83.4 cm³/mol. The van der Waals surface area contributed by atoms with E-state index in [2.05, 4.69) is 41.5 Å². The molecule has 0 bridgehead atoms. The van der Waals surface area contributed by atoms with Crippen molar-refractivity contribution in [1.29, 1.82) is 0 Å². The Balaban J connectivity index is 5.17. The largest absolute Gasteiger partial charge is 0.507 e. The molecule has 0 heterocycles. The van der Waals surface area contributed by atoms with Crippen molar-refractivity contribution in [3.63, 3.8) is 0 Å². The Bertz CT molecular complexity index is 196. The van der Waals surface area contributed by atoms with Crippen LogP contribution >= 0.6 is 0 Å². The highest BCUT2D eigenvalue weighted by molar-refractivity contribution is 6.64. The van der Waals surface area contributed by atoms with Crippen molar-refractivity contribution in [2.24, 2.45) is 0 Å². The lowest BCUT2D eigenvalue weighted by atomic mass is 10.1. The van der Waals surface area contributed by atoms with Gasteiger partial charge in [0.1, 0.15) is 0 Å². The first kappa shape index (κ1) is 19.1. The van der Waals surface area contributed by atoms with Gasteiger partial charge in [-0.2, -0.15) is 0 Å². The van der Waals surface area contributed by atoms with E-state index in [0.717, 1.165) is 51.9 Å². The highest BCUT2D eigenvalue weighted by Crippen LogP contribution is 2.46. The third kappa shape index (κ3) is 5.18. The quantitative estimate of drug-likeness (QED) is 0.484. The van der Waals surface area contributed by atoms with Gasteiger partial charge in [0.25, 0.3) is 0 Å². The average molecular weight is 291 g/mol. The molecule has 19 heavy (non-hydrogen) atoms. The van der Waals surface area contributed by atoms with E-state index < -0.39 is 8.80 Å². The van der Waals surface area contributed by atoms with Crippen molar-refractivity contribution in [2.45, 2.75) is 78.7 Å². The molecule has 3 nitrogen and oxygen atoms in total. The zero-order valence-corrected chi connectivity index (χ0v) is 14.9. The zero-order valence-electron chi connectivity index (χ0n) is 13.9. The minimum absolute atomic E-state index is 0.0203. The molecule has 0 aromatic heterocycles. The van der Waals surface area contributed by atoms with Gasteiger partial charge in [-0.1, -0.05) is 41.5 Å². The fraction of sp³-hybridized carbons (Fsp3) is 1.00. The SMILES string of the molecule is CCCO[Si](OCCC)(OCCC)C(C)(CC)CC. The Hall–Kier alpha value is 0.0969. The summed E-state index contributed by atoms with van der Waals surface area (Å²) in [5.41, 5.74) is 0. The van der Waals surface area contributed by atoms with Crippen LogP contribution in [0.15, 0.2) is 0 Å². The predicted octanol–water partition coefficient (Wildman–Crippen LogP) is 4.79. The third-order valence-electron chi connectivity index (χ3n) is 3.79. The van der Waals surface area contributed by atoms with Crippen LogP contribution in [0.25, 0.3) is 0 Å². The Morgan fingerprint density at radius 2 is 1.00 bits per heavy atom. The Labute approximate surface area is 121 Å². The summed E-state index contributed by atoms with van der Waals surface area (Å²) in [4.78, 5) is 0. The van der Waals surface area contributed by atoms with Crippen LogP contribution in [0, 0.1) is 0 Å². The molecule has 0 saturated carbocycles. The molecule has 0 aliphatic carbocycles. The molecule has 0 radical (unpaired) electrons. The van der Waals surface area contributed by atoms with Gasteiger partial charge in [0.2, 0.25) is 0 Å². The van der Waals surface area contributed by atoms with Crippen molar-refractivity contribution >= 4 is 8.80 Å². The van der Waals surface area contributed by atoms with Gasteiger partial charge in [0.15, 0.2) is 0 Å². The van der Waals surface area contributed by atoms with Gasteiger partial charge in [-0.25, -0.2) is 0 Å². The van der Waals surface area contributed by atoms with E-state index in [1.165, 1.54) is 0 Å². The number of hydrogen-bond acceptors (Lipinski definition) is 3. The van der Waals surface area contributed by atoms with Crippen molar-refractivity contribution in [1.82, 2.24) is 0 Å². The van der Waals surface area contributed by atoms with Crippen molar-refractivity contribution in [2.75, 3.05) is 19.8 Å². The van der Waals surface area contributed by atoms with Crippen molar-refractivity contribution in [3.05, 3.63) is 0 Å². The molecule has 0 aliphatic heterocycles. The van der Waals surface area contributed by atoms with Crippen LogP contribution in [0.3, 0.4) is 0 Å². The monoisotopic (exact) mass is 290 g/mol. The summed E-state index contributed by atoms with van der Waals surface area (Å²) in [5, 5.41) is 0.0203. The normalized spacial score (nSPS) is 12.9. The van der Waals surface area contributed by atoms with Crippen LogP contribution < -0.4 is 0 Å². The highest BCUT2D eigenvalue weighted by Gasteiger charge is 2.56. The van der Waals surface area contributed by atoms with Crippen LogP contribution in [0.1, 0.15) is 73.6 Å². The van der Waals surface area contributed by atoms with Crippen LogP contribution in [-0.4, -0.2) is 28.6 Å². The summed E-state index contributed by atoms with van der Waals surface area (Å²) in [6, 6.07) is 0. The minimum atomic E-state index is -2.61.